The number of para-hydroxylation sites is 1. The number of ether oxygens (including phenoxy) is 3. The molecule has 1 aliphatic heterocycles. The number of nitro groups is 1. The number of nitro benzene ring substituents is 1. The Bertz CT molecular complexity index is 1040. The molecule has 0 unspecified atom stereocenters. The first-order valence-corrected chi connectivity index (χ1v) is 8.35. The van der Waals surface area contributed by atoms with Gasteiger partial charge in [-0.05, 0) is 29.8 Å². The van der Waals surface area contributed by atoms with E-state index in [0.29, 0.717) is 41.7 Å². The average Bonchev–Trinajstić information content (AvgIpc) is 2.70. The van der Waals surface area contributed by atoms with Gasteiger partial charge >= 0.3 is 0 Å². The molecule has 7 nitrogen and oxygen atoms in total. The highest BCUT2D eigenvalue weighted by atomic mass is 16.6. The van der Waals surface area contributed by atoms with Gasteiger partial charge in [0.1, 0.15) is 18.7 Å². The van der Waals surface area contributed by atoms with Gasteiger partial charge in [0.2, 0.25) is 5.75 Å². The smallest absolute Gasteiger partial charge is 0.295 e. The standard InChI is InChI=1S/C20H16N2O5/c1-25-17-11-13(12-18-20(17)27-10-9-26-18)5-7-15-8-6-14-3-2-4-16(22(23)24)19(14)21-15/h2-8,11-12H,9-10H2,1H3. The molecule has 0 N–H and O–H groups in total. The van der Waals surface area contributed by atoms with E-state index in [2.05, 4.69) is 4.98 Å². The second-order valence-corrected chi connectivity index (χ2v) is 5.92. The number of fused-ring (bicyclic) bond motifs is 2. The van der Waals surface area contributed by atoms with E-state index in [0.717, 1.165) is 10.9 Å². The third-order valence-electron chi connectivity index (χ3n) is 4.21. The van der Waals surface area contributed by atoms with Crippen LogP contribution in [-0.2, 0) is 0 Å². The number of hydrogen-bond donors (Lipinski definition) is 0. The highest BCUT2D eigenvalue weighted by Gasteiger charge is 2.18. The van der Waals surface area contributed by atoms with Crippen molar-refractivity contribution in [3.05, 3.63) is 63.8 Å². The van der Waals surface area contributed by atoms with Gasteiger partial charge < -0.3 is 14.2 Å². The minimum absolute atomic E-state index is 0.0104. The molecule has 0 spiro atoms. The van der Waals surface area contributed by atoms with E-state index in [9.17, 15) is 10.1 Å². The molecule has 0 radical (unpaired) electrons. The Morgan fingerprint density at radius 3 is 2.81 bits per heavy atom. The molecule has 4 rings (SSSR count). The van der Waals surface area contributed by atoms with Crippen LogP contribution >= 0.6 is 0 Å². The van der Waals surface area contributed by atoms with Crippen LogP contribution in [0.15, 0.2) is 42.5 Å². The Morgan fingerprint density at radius 1 is 1.15 bits per heavy atom. The summed E-state index contributed by atoms with van der Waals surface area (Å²) in [6.07, 6.45) is 3.64. The summed E-state index contributed by atoms with van der Waals surface area (Å²) in [6, 6.07) is 12.2. The molecule has 2 aromatic carbocycles. The highest BCUT2D eigenvalue weighted by Crippen LogP contribution is 2.40. The van der Waals surface area contributed by atoms with Crippen LogP contribution < -0.4 is 14.2 Å². The van der Waals surface area contributed by atoms with Crippen LogP contribution in [0, 0.1) is 10.1 Å². The topological polar surface area (TPSA) is 83.7 Å². The van der Waals surface area contributed by atoms with E-state index in [1.165, 1.54) is 6.07 Å². The quantitative estimate of drug-likeness (QED) is 0.512. The van der Waals surface area contributed by atoms with Crippen molar-refractivity contribution < 1.29 is 19.1 Å². The van der Waals surface area contributed by atoms with Crippen molar-refractivity contribution in [2.45, 2.75) is 0 Å². The summed E-state index contributed by atoms with van der Waals surface area (Å²) in [4.78, 5) is 15.2. The third-order valence-corrected chi connectivity index (χ3v) is 4.21. The van der Waals surface area contributed by atoms with Crippen molar-refractivity contribution in [3.63, 3.8) is 0 Å². The molecule has 0 saturated heterocycles. The maximum absolute atomic E-state index is 11.2. The Balaban J connectivity index is 1.71. The van der Waals surface area contributed by atoms with Gasteiger partial charge in [-0.2, -0.15) is 0 Å². The predicted molar refractivity (Wildman–Crippen MR) is 101 cm³/mol. The number of rotatable bonds is 4. The Morgan fingerprint density at radius 2 is 2.00 bits per heavy atom. The highest BCUT2D eigenvalue weighted by molar-refractivity contribution is 5.88. The van der Waals surface area contributed by atoms with Gasteiger partial charge in [-0.15, -0.1) is 0 Å². The summed E-state index contributed by atoms with van der Waals surface area (Å²) in [7, 11) is 1.57. The van der Waals surface area contributed by atoms with Crippen LogP contribution in [0.3, 0.4) is 0 Å². The molecule has 27 heavy (non-hydrogen) atoms. The van der Waals surface area contributed by atoms with Gasteiger partial charge in [0.25, 0.3) is 5.69 Å². The van der Waals surface area contributed by atoms with Gasteiger partial charge in [-0.3, -0.25) is 10.1 Å². The molecule has 0 amide bonds. The van der Waals surface area contributed by atoms with Gasteiger partial charge in [0, 0.05) is 11.5 Å². The lowest BCUT2D eigenvalue weighted by Crippen LogP contribution is -2.16. The van der Waals surface area contributed by atoms with E-state index in [1.807, 2.05) is 30.3 Å². The van der Waals surface area contributed by atoms with Crippen molar-refractivity contribution >= 4 is 28.7 Å². The average molecular weight is 364 g/mol. The van der Waals surface area contributed by atoms with Crippen LogP contribution in [0.2, 0.25) is 0 Å². The van der Waals surface area contributed by atoms with E-state index in [-0.39, 0.29) is 5.69 Å². The minimum Gasteiger partial charge on any atom is -0.493 e. The molecule has 2 heterocycles. The Hall–Kier alpha value is -3.61. The molecule has 0 aliphatic carbocycles. The molecule has 0 fully saturated rings. The lowest BCUT2D eigenvalue weighted by atomic mass is 10.1. The number of methoxy groups -OCH3 is 1. The van der Waals surface area contributed by atoms with E-state index >= 15 is 0 Å². The molecule has 0 bridgehead atoms. The summed E-state index contributed by atoms with van der Waals surface area (Å²) >= 11 is 0. The largest absolute Gasteiger partial charge is 0.493 e. The summed E-state index contributed by atoms with van der Waals surface area (Å²) in [5.41, 5.74) is 1.82. The number of aromatic nitrogens is 1. The summed E-state index contributed by atoms with van der Waals surface area (Å²) in [5, 5.41) is 11.9. The van der Waals surface area contributed by atoms with Crippen molar-refractivity contribution in [1.82, 2.24) is 4.98 Å². The first-order chi connectivity index (χ1) is 13.2. The number of nitrogens with zero attached hydrogens (tertiary/aromatic N) is 2. The zero-order valence-corrected chi connectivity index (χ0v) is 14.5. The van der Waals surface area contributed by atoms with Gasteiger partial charge in [0.05, 0.1) is 17.7 Å². The molecule has 1 aromatic heterocycles. The van der Waals surface area contributed by atoms with Gasteiger partial charge in [-0.25, -0.2) is 4.98 Å². The van der Waals surface area contributed by atoms with Crippen molar-refractivity contribution in [2.24, 2.45) is 0 Å². The first-order valence-electron chi connectivity index (χ1n) is 8.35. The molecule has 0 atom stereocenters. The molecule has 0 saturated carbocycles. The fourth-order valence-corrected chi connectivity index (χ4v) is 2.96. The third kappa shape index (κ3) is 3.27. The second kappa shape index (κ2) is 6.95. The predicted octanol–water partition coefficient (Wildman–Crippen LogP) is 4.09. The van der Waals surface area contributed by atoms with E-state index in [1.54, 1.807) is 25.3 Å². The minimum atomic E-state index is -0.422. The molecule has 3 aromatic rings. The Labute approximate surface area is 155 Å². The lowest BCUT2D eigenvalue weighted by Gasteiger charge is -2.20. The van der Waals surface area contributed by atoms with Crippen LogP contribution in [0.25, 0.3) is 23.1 Å². The second-order valence-electron chi connectivity index (χ2n) is 5.92. The van der Waals surface area contributed by atoms with Crippen molar-refractivity contribution in [1.29, 1.82) is 0 Å². The van der Waals surface area contributed by atoms with Crippen molar-refractivity contribution in [3.8, 4) is 17.2 Å². The fraction of sp³-hybridized carbons (Fsp3) is 0.150. The zero-order chi connectivity index (χ0) is 18.8. The van der Waals surface area contributed by atoms with Crippen LogP contribution in [0.1, 0.15) is 11.3 Å². The monoisotopic (exact) mass is 364 g/mol. The van der Waals surface area contributed by atoms with E-state index in [4.69, 9.17) is 14.2 Å². The number of pyridine rings is 1. The van der Waals surface area contributed by atoms with E-state index < -0.39 is 4.92 Å². The summed E-state index contributed by atoms with van der Waals surface area (Å²) in [6.45, 7) is 0.970. The van der Waals surface area contributed by atoms with Crippen molar-refractivity contribution in [2.75, 3.05) is 20.3 Å². The first kappa shape index (κ1) is 16.8. The van der Waals surface area contributed by atoms with Gasteiger partial charge in [0.15, 0.2) is 11.5 Å². The number of benzene rings is 2. The zero-order valence-electron chi connectivity index (χ0n) is 14.5. The lowest BCUT2D eigenvalue weighted by molar-refractivity contribution is -0.383. The summed E-state index contributed by atoms with van der Waals surface area (Å²) in [5.74, 6) is 1.82. The maximum Gasteiger partial charge on any atom is 0.295 e. The fourth-order valence-electron chi connectivity index (χ4n) is 2.96. The molecular weight excluding hydrogens is 348 g/mol. The van der Waals surface area contributed by atoms with Crippen LogP contribution in [0.5, 0.6) is 17.2 Å². The molecular formula is C20H16N2O5. The normalized spacial score (nSPS) is 13.1. The molecule has 1 aliphatic rings. The van der Waals surface area contributed by atoms with Gasteiger partial charge in [-0.1, -0.05) is 24.3 Å². The number of hydrogen-bond acceptors (Lipinski definition) is 6. The molecule has 7 heteroatoms. The van der Waals surface area contributed by atoms with Crippen LogP contribution in [0.4, 0.5) is 5.69 Å². The number of non-ortho nitro benzene ring substituents is 1. The summed E-state index contributed by atoms with van der Waals surface area (Å²) < 4.78 is 16.6. The van der Waals surface area contributed by atoms with Crippen LogP contribution in [-0.4, -0.2) is 30.2 Å². The molecule has 136 valence electrons. The SMILES string of the molecule is COc1cc(C=Cc2ccc3cccc([N+](=O)[O-])c3n2)cc2c1OCCO2. The Kier molecular flexibility index (Phi) is 4.33. The maximum atomic E-state index is 11.2.